The van der Waals surface area contributed by atoms with Crippen LogP contribution in [0.1, 0.15) is 57.6 Å². The smallest absolute Gasteiger partial charge is 0.341 e. The standard InChI is InChI=1S/C23H27N5O2S2/c1-15-8-7-9-16(12-15)13-28-14-24-22(27-28)26-23(31)25-20-19(21(29)30-2)17-10-5-3-4-6-11-18(17)32-20/h7-9,12,14H,3-6,10-11,13H2,1-2H3,(H2,25,26,27,31). The van der Waals surface area contributed by atoms with E-state index in [-0.39, 0.29) is 5.97 Å². The van der Waals surface area contributed by atoms with Gasteiger partial charge in [0, 0.05) is 4.88 Å². The number of esters is 1. The minimum Gasteiger partial charge on any atom is -0.465 e. The summed E-state index contributed by atoms with van der Waals surface area (Å²) in [6, 6.07) is 8.28. The topological polar surface area (TPSA) is 81.1 Å². The zero-order valence-corrected chi connectivity index (χ0v) is 19.9. The second-order valence-corrected chi connectivity index (χ2v) is 9.46. The number of carbonyl (C=O) groups is 1. The fourth-order valence-corrected chi connectivity index (χ4v) is 5.53. The van der Waals surface area contributed by atoms with Gasteiger partial charge in [0.05, 0.1) is 19.2 Å². The van der Waals surface area contributed by atoms with Gasteiger partial charge in [0.2, 0.25) is 5.95 Å². The Morgan fingerprint density at radius 1 is 1.22 bits per heavy atom. The molecule has 0 atom stereocenters. The number of aromatic nitrogens is 3. The van der Waals surface area contributed by atoms with Crippen LogP contribution in [0, 0.1) is 6.92 Å². The Bertz CT molecular complexity index is 1120. The SMILES string of the molecule is COC(=O)c1c(NC(=S)Nc2ncn(Cc3cccc(C)c3)n2)sc2c1CCCCCC2. The minimum atomic E-state index is -0.325. The first-order valence-electron chi connectivity index (χ1n) is 10.8. The van der Waals surface area contributed by atoms with Crippen LogP contribution in [0.5, 0.6) is 0 Å². The Kier molecular flexibility index (Phi) is 7.16. The van der Waals surface area contributed by atoms with Crippen molar-refractivity contribution in [3.63, 3.8) is 0 Å². The molecular formula is C23H27N5O2S2. The highest BCUT2D eigenvalue weighted by atomic mass is 32.1. The van der Waals surface area contributed by atoms with E-state index in [2.05, 4.69) is 45.8 Å². The molecule has 7 nitrogen and oxygen atoms in total. The van der Waals surface area contributed by atoms with Crippen LogP contribution in [0.3, 0.4) is 0 Å². The molecule has 3 aromatic rings. The van der Waals surface area contributed by atoms with Crippen LogP contribution in [-0.2, 0) is 24.1 Å². The van der Waals surface area contributed by atoms with Gasteiger partial charge in [-0.15, -0.1) is 16.4 Å². The van der Waals surface area contributed by atoms with Gasteiger partial charge in [-0.25, -0.2) is 14.5 Å². The number of nitrogens with one attached hydrogen (secondary N) is 2. The lowest BCUT2D eigenvalue weighted by atomic mass is 9.96. The summed E-state index contributed by atoms with van der Waals surface area (Å²) >= 11 is 7.08. The average molecular weight is 470 g/mol. The molecule has 0 saturated carbocycles. The van der Waals surface area contributed by atoms with Crippen LogP contribution >= 0.6 is 23.6 Å². The Balaban J connectivity index is 1.47. The van der Waals surface area contributed by atoms with E-state index >= 15 is 0 Å². The van der Waals surface area contributed by atoms with Crippen molar-refractivity contribution in [3.8, 4) is 0 Å². The van der Waals surface area contributed by atoms with Crippen LogP contribution in [0.4, 0.5) is 10.9 Å². The summed E-state index contributed by atoms with van der Waals surface area (Å²) < 4.78 is 6.84. The molecular weight excluding hydrogens is 442 g/mol. The molecule has 32 heavy (non-hydrogen) atoms. The van der Waals surface area contributed by atoms with Gasteiger partial charge in [-0.05, 0) is 56.0 Å². The molecule has 168 valence electrons. The van der Waals surface area contributed by atoms with E-state index in [1.807, 2.05) is 6.07 Å². The van der Waals surface area contributed by atoms with Gasteiger partial charge < -0.3 is 10.1 Å². The number of fused-ring (bicyclic) bond motifs is 1. The fraction of sp³-hybridized carbons (Fsp3) is 0.391. The lowest BCUT2D eigenvalue weighted by molar-refractivity contribution is 0.0601. The highest BCUT2D eigenvalue weighted by Crippen LogP contribution is 2.37. The van der Waals surface area contributed by atoms with Gasteiger partial charge in [0.15, 0.2) is 5.11 Å². The van der Waals surface area contributed by atoms with E-state index in [1.54, 1.807) is 22.3 Å². The molecule has 2 heterocycles. The maximum Gasteiger partial charge on any atom is 0.341 e. The highest BCUT2D eigenvalue weighted by molar-refractivity contribution is 7.80. The number of carbonyl (C=O) groups excluding carboxylic acids is 1. The number of benzene rings is 1. The number of hydrogen-bond acceptors (Lipinski definition) is 6. The molecule has 0 unspecified atom stereocenters. The number of ether oxygens (including phenoxy) is 1. The Morgan fingerprint density at radius 2 is 2.03 bits per heavy atom. The second kappa shape index (κ2) is 10.2. The normalized spacial score (nSPS) is 13.6. The van der Waals surface area contributed by atoms with Crippen molar-refractivity contribution in [1.82, 2.24) is 14.8 Å². The van der Waals surface area contributed by atoms with Crippen LogP contribution < -0.4 is 10.6 Å². The summed E-state index contributed by atoms with van der Waals surface area (Å²) in [5.41, 5.74) is 4.07. The third-order valence-corrected chi connectivity index (χ3v) is 6.89. The van der Waals surface area contributed by atoms with Crippen LogP contribution in [-0.4, -0.2) is 33.0 Å². The Morgan fingerprint density at radius 3 is 2.81 bits per heavy atom. The lowest BCUT2D eigenvalue weighted by Gasteiger charge is -2.11. The van der Waals surface area contributed by atoms with Gasteiger partial charge in [0.1, 0.15) is 11.3 Å². The molecule has 2 aromatic heterocycles. The minimum absolute atomic E-state index is 0.325. The molecule has 0 amide bonds. The van der Waals surface area contributed by atoms with E-state index in [4.69, 9.17) is 17.0 Å². The first kappa shape index (κ1) is 22.4. The quantitative estimate of drug-likeness (QED) is 0.404. The Hall–Kier alpha value is -2.78. The summed E-state index contributed by atoms with van der Waals surface area (Å²) in [6.45, 7) is 2.69. The molecule has 9 heteroatoms. The summed E-state index contributed by atoms with van der Waals surface area (Å²) in [5, 5.41) is 11.7. The van der Waals surface area contributed by atoms with Gasteiger partial charge in [0.25, 0.3) is 0 Å². The van der Waals surface area contributed by atoms with E-state index in [0.717, 1.165) is 41.8 Å². The molecule has 1 aromatic carbocycles. The maximum atomic E-state index is 12.6. The highest BCUT2D eigenvalue weighted by Gasteiger charge is 2.25. The van der Waals surface area contributed by atoms with Crippen molar-refractivity contribution >= 4 is 45.6 Å². The summed E-state index contributed by atoms with van der Waals surface area (Å²) in [5.74, 6) is 0.0821. The van der Waals surface area contributed by atoms with E-state index in [9.17, 15) is 4.79 Å². The summed E-state index contributed by atoms with van der Waals surface area (Å²) in [6.07, 6.45) is 8.18. The number of thiophene rings is 1. The van der Waals surface area contributed by atoms with E-state index in [0.29, 0.717) is 23.2 Å². The predicted octanol–water partition coefficient (Wildman–Crippen LogP) is 4.95. The number of nitrogens with zero attached hydrogens (tertiary/aromatic N) is 3. The Labute approximate surface area is 197 Å². The second-order valence-electron chi connectivity index (χ2n) is 7.95. The molecule has 0 bridgehead atoms. The van der Waals surface area contributed by atoms with Crippen molar-refractivity contribution < 1.29 is 9.53 Å². The molecule has 1 aliphatic carbocycles. The molecule has 0 fully saturated rings. The van der Waals surface area contributed by atoms with Crippen molar-refractivity contribution in [2.45, 2.75) is 52.0 Å². The van der Waals surface area contributed by atoms with Crippen LogP contribution in [0.15, 0.2) is 30.6 Å². The molecule has 0 spiro atoms. The lowest BCUT2D eigenvalue weighted by Crippen LogP contribution is -2.21. The van der Waals surface area contributed by atoms with Crippen LogP contribution in [0.2, 0.25) is 0 Å². The van der Waals surface area contributed by atoms with Gasteiger partial charge in [-0.1, -0.05) is 42.7 Å². The van der Waals surface area contributed by atoms with Crippen molar-refractivity contribution in [2.75, 3.05) is 17.7 Å². The van der Waals surface area contributed by atoms with Gasteiger partial charge >= 0.3 is 5.97 Å². The van der Waals surface area contributed by atoms with Crippen molar-refractivity contribution in [2.24, 2.45) is 0 Å². The molecule has 0 aliphatic heterocycles. The summed E-state index contributed by atoms with van der Waals surface area (Å²) in [4.78, 5) is 18.1. The third kappa shape index (κ3) is 5.34. The molecule has 0 saturated heterocycles. The van der Waals surface area contributed by atoms with E-state index < -0.39 is 0 Å². The zero-order chi connectivity index (χ0) is 22.5. The number of rotatable bonds is 5. The molecule has 1 aliphatic rings. The molecule has 2 N–H and O–H groups in total. The van der Waals surface area contributed by atoms with Crippen LogP contribution in [0.25, 0.3) is 0 Å². The fourth-order valence-electron chi connectivity index (χ4n) is 3.99. The molecule has 4 rings (SSSR count). The number of hydrogen-bond donors (Lipinski definition) is 2. The monoisotopic (exact) mass is 469 g/mol. The van der Waals surface area contributed by atoms with Gasteiger partial charge in [-0.3, -0.25) is 5.32 Å². The number of thiocarbonyl (C=S) groups is 1. The molecule has 0 radical (unpaired) electrons. The van der Waals surface area contributed by atoms with E-state index in [1.165, 1.54) is 30.4 Å². The first-order chi connectivity index (χ1) is 15.5. The third-order valence-electron chi connectivity index (χ3n) is 5.48. The largest absolute Gasteiger partial charge is 0.465 e. The van der Waals surface area contributed by atoms with Crippen molar-refractivity contribution in [3.05, 3.63) is 57.7 Å². The number of methoxy groups -OCH3 is 1. The zero-order valence-electron chi connectivity index (χ0n) is 18.3. The predicted molar refractivity (Wildman–Crippen MR) is 132 cm³/mol. The average Bonchev–Trinajstić information content (AvgIpc) is 3.31. The first-order valence-corrected chi connectivity index (χ1v) is 12.0. The summed E-state index contributed by atoms with van der Waals surface area (Å²) in [7, 11) is 1.42. The van der Waals surface area contributed by atoms with Crippen molar-refractivity contribution in [1.29, 1.82) is 0 Å². The number of aryl methyl sites for hydroxylation is 2. The van der Waals surface area contributed by atoms with Gasteiger partial charge in [-0.2, -0.15) is 0 Å². The maximum absolute atomic E-state index is 12.6. The number of anilines is 2.